The van der Waals surface area contributed by atoms with Gasteiger partial charge in [0.25, 0.3) is 0 Å². The Labute approximate surface area is 118 Å². The highest BCUT2D eigenvalue weighted by atomic mass is 14.8. The van der Waals surface area contributed by atoms with Crippen molar-refractivity contribution >= 4 is 5.69 Å². The SMILES string of the molecule is Cc1c(-c2ccccc2)ncnc1-c1cccc(N)c1. The van der Waals surface area contributed by atoms with Gasteiger partial charge in [-0.1, -0.05) is 42.5 Å². The van der Waals surface area contributed by atoms with E-state index in [9.17, 15) is 0 Å². The van der Waals surface area contributed by atoms with Gasteiger partial charge in [-0.2, -0.15) is 0 Å². The van der Waals surface area contributed by atoms with Gasteiger partial charge in [0.15, 0.2) is 0 Å². The highest BCUT2D eigenvalue weighted by Gasteiger charge is 2.10. The summed E-state index contributed by atoms with van der Waals surface area (Å²) in [5, 5.41) is 0. The molecule has 1 aromatic heterocycles. The minimum atomic E-state index is 0.738. The van der Waals surface area contributed by atoms with Gasteiger partial charge in [0.05, 0.1) is 11.4 Å². The average Bonchev–Trinajstić information content (AvgIpc) is 2.48. The molecular formula is C17H15N3. The summed E-state index contributed by atoms with van der Waals surface area (Å²) < 4.78 is 0. The number of hydrogen-bond donors (Lipinski definition) is 1. The Morgan fingerprint density at radius 1 is 0.800 bits per heavy atom. The lowest BCUT2D eigenvalue weighted by atomic mass is 10.0. The molecular weight excluding hydrogens is 246 g/mol. The van der Waals surface area contributed by atoms with Crippen molar-refractivity contribution in [1.82, 2.24) is 9.97 Å². The predicted octanol–water partition coefficient (Wildman–Crippen LogP) is 3.70. The third-order valence-electron chi connectivity index (χ3n) is 3.29. The monoisotopic (exact) mass is 261 g/mol. The van der Waals surface area contributed by atoms with Crippen molar-refractivity contribution in [2.24, 2.45) is 0 Å². The number of nitrogen functional groups attached to an aromatic ring is 1. The van der Waals surface area contributed by atoms with E-state index in [1.165, 1.54) is 0 Å². The van der Waals surface area contributed by atoms with E-state index in [0.29, 0.717) is 0 Å². The zero-order valence-corrected chi connectivity index (χ0v) is 11.2. The van der Waals surface area contributed by atoms with E-state index in [2.05, 4.69) is 22.1 Å². The quantitative estimate of drug-likeness (QED) is 0.715. The molecule has 0 unspecified atom stereocenters. The molecule has 0 fully saturated rings. The van der Waals surface area contributed by atoms with Crippen molar-refractivity contribution in [3.63, 3.8) is 0 Å². The number of benzene rings is 2. The highest BCUT2D eigenvalue weighted by molar-refractivity contribution is 5.74. The van der Waals surface area contributed by atoms with Crippen LogP contribution in [0.15, 0.2) is 60.9 Å². The molecule has 3 nitrogen and oxygen atoms in total. The molecule has 0 saturated carbocycles. The molecule has 0 spiro atoms. The number of nitrogens with zero attached hydrogens (tertiary/aromatic N) is 2. The lowest BCUT2D eigenvalue weighted by Gasteiger charge is -2.10. The van der Waals surface area contributed by atoms with Crippen molar-refractivity contribution in [2.45, 2.75) is 6.92 Å². The Hall–Kier alpha value is -2.68. The molecule has 2 aromatic carbocycles. The molecule has 0 atom stereocenters. The molecule has 20 heavy (non-hydrogen) atoms. The van der Waals surface area contributed by atoms with Crippen LogP contribution in [0, 0.1) is 6.92 Å². The molecule has 98 valence electrons. The van der Waals surface area contributed by atoms with E-state index >= 15 is 0 Å². The van der Waals surface area contributed by atoms with Crippen LogP contribution in [0.2, 0.25) is 0 Å². The molecule has 1 heterocycles. The number of anilines is 1. The first kappa shape index (κ1) is 12.4. The molecule has 3 heteroatoms. The minimum absolute atomic E-state index is 0.738. The van der Waals surface area contributed by atoms with Gasteiger partial charge >= 0.3 is 0 Å². The van der Waals surface area contributed by atoms with Crippen LogP contribution in [-0.4, -0.2) is 9.97 Å². The number of hydrogen-bond acceptors (Lipinski definition) is 3. The van der Waals surface area contributed by atoms with Crippen molar-refractivity contribution < 1.29 is 0 Å². The van der Waals surface area contributed by atoms with E-state index < -0.39 is 0 Å². The molecule has 0 aliphatic heterocycles. The number of aromatic nitrogens is 2. The van der Waals surface area contributed by atoms with E-state index in [-0.39, 0.29) is 0 Å². The van der Waals surface area contributed by atoms with E-state index in [1.54, 1.807) is 6.33 Å². The summed E-state index contributed by atoms with van der Waals surface area (Å²) in [4.78, 5) is 8.82. The van der Waals surface area contributed by atoms with Crippen molar-refractivity contribution in [3.8, 4) is 22.5 Å². The molecule has 2 N–H and O–H groups in total. The standard InChI is InChI=1S/C17H15N3/c1-12-16(13-6-3-2-4-7-13)19-11-20-17(12)14-8-5-9-15(18)10-14/h2-11H,18H2,1H3. The second-order valence-corrected chi connectivity index (χ2v) is 4.69. The lowest BCUT2D eigenvalue weighted by molar-refractivity contribution is 1.14. The lowest BCUT2D eigenvalue weighted by Crippen LogP contribution is -1.96. The largest absolute Gasteiger partial charge is 0.399 e. The van der Waals surface area contributed by atoms with E-state index in [0.717, 1.165) is 33.8 Å². The van der Waals surface area contributed by atoms with Crippen LogP contribution in [0.4, 0.5) is 5.69 Å². The van der Waals surface area contributed by atoms with Gasteiger partial charge < -0.3 is 5.73 Å². The van der Waals surface area contributed by atoms with Gasteiger partial charge in [-0.15, -0.1) is 0 Å². The summed E-state index contributed by atoms with van der Waals surface area (Å²) in [6.07, 6.45) is 1.61. The summed E-state index contributed by atoms with van der Waals surface area (Å²) in [5.74, 6) is 0. The Morgan fingerprint density at radius 2 is 1.45 bits per heavy atom. The smallest absolute Gasteiger partial charge is 0.116 e. The molecule has 0 saturated heterocycles. The van der Waals surface area contributed by atoms with E-state index in [4.69, 9.17) is 5.73 Å². The second-order valence-electron chi connectivity index (χ2n) is 4.69. The molecule has 0 aliphatic carbocycles. The van der Waals surface area contributed by atoms with Gasteiger partial charge in [-0.3, -0.25) is 0 Å². The Kier molecular flexibility index (Phi) is 3.17. The molecule has 0 bridgehead atoms. The first-order valence-electron chi connectivity index (χ1n) is 6.48. The van der Waals surface area contributed by atoms with Gasteiger partial charge in [0.1, 0.15) is 6.33 Å². The fourth-order valence-corrected chi connectivity index (χ4v) is 2.31. The zero-order valence-electron chi connectivity index (χ0n) is 11.2. The number of rotatable bonds is 2. The Bertz CT molecular complexity index is 736. The number of nitrogens with two attached hydrogens (primary N) is 1. The van der Waals surface area contributed by atoms with Crippen LogP contribution < -0.4 is 5.73 Å². The minimum Gasteiger partial charge on any atom is -0.399 e. The molecule has 0 radical (unpaired) electrons. The van der Waals surface area contributed by atoms with Gasteiger partial charge in [-0.05, 0) is 19.1 Å². The summed E-state index contributed by atoms with van der Waals surface area (Å²) >= 11 is 0. The maximum Gasteiger partial charge on any atom is 0.116 e. The summed E-state index contributed by atoms with van der Waals surface area (Å²) in [6, 6.07) is 17.9. The third-order valence-corrected chi connectivity index (χ3v) is 3.29. The first-order chi connectivity index (χ1) is 9.75. The second kappa shape index (κ2) is 5.13. The molecule has 3 aromatic rings. The summed E-state index contributed by atoms with van der Waals surface area (Å²) in [7, 11) is 0. The summed E-state index contributed by atoms with van der Waals surface area (Å²) in [6.45, 7) is 2.04. The summed E-state index contributed by atoms with van der Waals surface area (Å²) in [5.41, 5.74) is 11.6. The first-order valence-corrected chi connectivity index (χ1v) is 6.48. The van der Waals surface area contributed by atoms with Crippen LogP contribution in [0.3, 0.4) is 0 Å². The fraction of sp³-hybridized carbons (Fsp3) is 0.0588. The van der Waals surface area contributed by atoms with Crippen LogP contribution in [0.1, 0.15) is 5.56 Å². The average molecular weight is 261 g/mol. The Balaban J connectivity index is 2.15. The third kappa shape index (κ3) is 2.26. The van der Waals surface area contributed by atoms with Crippen LogP contribution in [0.25, 0.3) is 22.5 Å². The van der Waals surface area contributed by atoms with Crippen LogP contribution in [0.5, 0.6) is 0 Å². The molecule has 0 aliphatic rings. The van der Waals surface area contributed by atoms with Crippen LogP contribution >= 0.6 is 0 Å². The maximum absolute atomic E-state index is 5.85. The molecule has 3 rings (SSSR count). The predicted molar refractivity (Wildman–Crippen MR) is 82.1 cm³/mol. The van der Waals surface area contributed by atoms with E-state index in [1.807, 2.05) is 49.4 Å². The van der Waals surface area contributed by atoms with Crippen LogP contribution in [-0.2, 0) is 0 Å². The zero-order chi connectivity index (χ0) is 13.9. The molecule has 0 amide bonds. The van der Waals surface area contributed by atoms with Crippen molar-refractivity contribution in [3.05, 3.63) is 66.5 Å². The van der Waals surface area contributed by atoms with Gasteiger partial charge in [0, 0.05) is 22.4 Å². The van der Waals surface area contributed by atoms with Crippen molar-refractivity contribution in [1.29, 1.82) is 0 Å². The van der Waals surface area contributed by atoms with Gasteiger partial charge in [-0.25, -0.2) is 9.97 Å². The highest BCUT2D eigenvalue weighted by Crippen LogP contribution is 2.28. The normalized spacial score (nSPS) is 10.4. The van der Waals surface area contributed by atoms with Crippen molar-refractivity contribution in [2.75, 3.05) is 5.73 Å². The maximum atomic E-state index is 5.85. The van der Waals surface area contributed by atoms with Gasteiger partial charge in [0.2, 0.25) is 0 Å². The fourth-order valence-electron chi connectivity index (χ4n) is 2.31. The topological polar surface area (TPSA) is 51.8 Å². The Morgan fingerprint density at radius 3 is 2.15 bits per heavy atom.